The van der Waals surface area contributed by atoms with Crippen LogP contribution in [0.2, 0.25) is 0 Å². The fourth-order valence-electron chi connectivity index (χ4n) is 4.79. The van der Waals surface area contributed by atoms with E-state index in [1.165, 1.54) is 0 Å². The molecule has 4 heterocycles. The van der Waals surface area contributed by atoms with E-state index in [0.717, 1.165) is 86.0 Å². The maximum absolute atomic E-state index is 5.81. The van der Waals surface area contributed by atoms with Gasteiger partial charge in [0.25, 0.3) is 0 Å². The number of nitrogens with zero attached hydrogens (tertiary/aromatic N) is 5. The average Bonchev–Trinajstić information content (AvgIpc) is 3.44. The summed E-state index contributed by atoms with van der Waals surface area (Å²) in [5.41, 5.74) is 7.55. The molecule has 4 aromatic heterocycles. The summed E-state index contributed by atoms with van der Waals surface area (Å²) in [6.45, 7) is 9.99. The quantitative estimate of drug-likeness (QED) is 0.355. The third kappa shape index (κ3) is 3.30. The number of nitrogens with one attached hydrogen (secondary N) is 2. The normalized spacial score (nSPS) is 11.6. The van der Waals surface area contributed by atoms with E-state index in [2.05, 4.69) is 40.4 Å². The lowest BCUT2D eigenvalue weighted by Gasteiger charge is -2.11. The molecule has 0 atom stereocenters. The molecule has 0 saturated heterocycles. The number of aromatic amines is 1. The highest BCUT2D eigenvalue weighted by molar-refractivity contribution is 6.13. The first-order chi connectivity index (χ1) is 16.4. The topological polar surface area (TPSA) is 107 Å². The minimum Gasteiger partial charge on any atom is -0.496 e. The minimum absolute atomic E-state index is 0.680. The van der Waals surface area contributed by atoms with E-state index in [1.54, 1.807) is 7.11 Å². The van der Waals surface area contributed by atoms with Crippen LogP contribution in [0.4, 0.5) is 11.5 Å². The van der Waals surface area contributed by atoms with E-state index in [-0.39, 0.29) is 0 Å². The van der Waals surface area contributed by atoms with Crippen molar-refractivity contribution in [3.63, 3.8) is 0 Å². The molecule has 176 valence electrons. The number of aryl methyl sites for hydroxylation is 5. The van der Waals surface area contributed by atoms with Crippen molar-refractivity contribution < 1.29 is 9.26 Å². The van der Waals surface area contributed by atoms with Crippen LogP contribution in [-0.4, -0.2) is 37.0 Å². The van der Waals surface area contributed by atoms with Gasteiger partial charge < -0.3 is 19.6 Å². The van der Waals surface area contributed by atoms with E-state index >= 15 is 0 Å². The Morgan fingerprint density at radius 3 is 2.56 bits per heavy atom. The van der Waals surface area contributed by atoms with Gasteiger partial charge in [-0.3, -0.25) is 4.68 Å². The highest BCUT2D eigenvalue weighted by Crippen LogP contribution is 2.41. The molecule has 0 amide bonds. The van der Waals surface area contributed by atoms with Gasteiger partial charge in [0.2, 0.25) is 0 Å². The molecule has 9 heteroatoms. The number of rotatable bonds is 6. The molecule has 0 radical (unpaired) electrons. The molecule has 0 unspecified atom stereocenters. The number of methoxy groups -OCH3 is 1. The maximum Gasteiger partial charge on any atom is 0.144 e. The zero-order chi connectivity index (χ0) is 24.1. The Labute approximate surface area is 197 Å². The van der Waals surface area contributed by atoms with Crippen molar-refractivity contribution >= 4 is 33.4 Å². The summed E-state index contributed by atoms with van der Waals surface area (Å²) in [7, 11) is 3.66. The average molecular weight is 460 g/mol. The summed E-state index contributed by atoms with van der Waals surface area (Å²) < 4.78 is 13.2. The summed E-state index contributed by atoms with van der Waals surface area (Å²) in [6, 6.07) is 4.10. The number of aromatic nitrogens is 6. The highest BCUT2D eigenvalue weighted by atomic mass is 16.5. The molecule has 0 aliphatic heterocycles. The van der Waals surface area contributed by atoms with Crippen molar-refractivity contribution in [2.45, 2.75) is 47.5 Å². The number of benzene rings is 1. The largest absolute Gasteiger partial charge is 0.496 e. The third-order valence-electron chi connectivity index (χ3n) is 6.34. The van der Waals surface area contributed by atoms with Gasteiger partial charge in [0, 0.05) is 23.5 Å². The number of fused-ring (bicyclic) bond motifs is 3. The molecule has 2 N–H and O–H groups in total. The van der Waals surface area contributed by atoms with Gasteiger partial charge in [-0.05, 0) is 45.7 Å². The summed E-state index contributed by atoms with van der Waals surface area (Å²) in [5, 5.41) is 14.3. The second kappa shape index (κ2) is 8.16. The second-order valence-electron chi connectivity index (χ2n) is 8.49. The second-order valence-corrected chi connectivity index (χ2v) is 8.49. The first kappa shape index (κ1) is 21.9. The van der Waals surface area contributed by atoms with Crippen LogP contribution in [0.25, 0.3) is 33.1 Å². The highest BCUT2D eigenvalue weighted by Gasteiger charge is 2.22. The minimum atomic E-state index is 0.680. The van der Waals surface area contributed by atoms with Crippen LogP contribution in [0.5, 0.6) is 5.75 Å². The summed E-state index contributed by atoms with van der Waals surface area (Å²) in [4.78, 5) is 13.0. The molecule has 0 saturated carbocycles. The van der Waals surface area contributed by atoms with Gasteiger partial charge in [0.1, 0.15) is 28.8 Å². The van der Waals surface area contributed by atoms with Gasteiger partial charge in [-0.1, -0.05) is 19.0 Å². The maximum atomic E-state index is 5.81. The zero-order valence-electron chi connectivity index (χ0n) is 20.6. The molecule has 34 heavy (non-hydrogen) atoms. The number of anilines is 2. The summed E-state index contributed by atoms with van der Waals surface area (Å²) in [5.74, 6) is 2.91. The van der Waals surface area contributed by atoms with E-state index < -0.39 is 0 Å². The SMILES string of the molecule is CCc1nn(C)c(CC)c1Nc1nc(C)nc2[nH]c3cc(-c4c(C)noc4C)c(OC)cc3c12. The molecule has 0 aliphatic rings. The molecule has 0 bridgehead atoms. The monoisotopic (exact) mass is 459 g/mol. The van der Waals surface area contributed by atoms with Crippen molar-refractivity contribution in [1.82, 2.24) is 29.9 Å². The lowest BCUT2D eigenvalue weighted by Crippen LogP contribution is -2.02. The van der Waals surface area contributed by atoms with Crippen molar-refractivity contribution in [1.29, 1.82) is 0 Å². The summed E-state index contributed by atoms with van der Waals surface area (Å²) in [6.07, 6.45) is 1.69. The smallest absolute Gasteiger partial charge is 0.144 e. The van der Waals surface area contributed by atoms with Gasteiger partial charge in [-0.2, -0.15) is 5.10 Å². The fraction of sp³-hybridized carbons (Fsp3) is 0.360. The molecule has 0 aliphatic carbocycles. The van der Waals surface area contributed by atoms with Crippen LogP contribution in [0, 0.1) is 20.8 Å². The van der Waals surface area contributed by atoms with Crippen LogP contribution in [0.3, 0.4) is 0 Å². The van der Waals surface area contributed by atoms with Crippen LogP contribution in [-0.2, 0) is 19.9 Å². The molecular weight excluding hydrogens is 430 g/mol. The number of hydrogen-bond acceptors (Lipinski definition) is 7. The Morgan fingerprint density at radius 1 is 1.12 bits per heavy atom. The standard InChI is InChI=1S/C25H29N7O2/c1-8-17-23(19(9-2)32(6)30-17)29-25-22-15-11-20(33-7)16(21-12(3)31-34-13(21)4)10-18(15)28-24(22)26-14(5)27-25/h10-11H,8-9H2,1-7H3,(H2,26,27,28,29). The summed E-state index contributed by atoms with van der Waals surface area (Å²) >= 11 is 0. The zero-order valence-corrected chi connectivity index (χ0v) is 20.6. The van der Waals surface area contributed by atoms with Crippen LogP contribution < -0.4 is 10.1 Å². The van der Waals surface area contributed by atoms with Crippen LogP contribution in [0.1, 0.15) is 42.5 Å². The Balaban J connectivity index is 1.76. The molecule has 9 nitrogen and oxygen atoms in total. The number of H-pyrrole nitrogens is 1. The molecule has 1 aromatic carbocycles. The Morgan fingerprint density at radius 2 is 1.91 bits per heavy atom. The van der Waals surface area contributed by atoms with E-state index in [1.807, 2.05) is 38.6 Å². The first-order valence-electron chi connectivity index (χ1n) is 11.5. The number of ether oxygens (including phenoxy) is 1. The van der Waals surface area contributed by atoms with Gasteiger partial charge in [-0.15, -0.1) is 0 Å². The van der Waals surface area contributed by atoms with Gasteiger partial charge in [0.05, 0.1) is 40.8 Å². The Hall–Kier alpha value is -3.88. The number of hydrogen-bond donors (Lipinski definition) is 2. The lowest BCUT2D eigenvalue weighted by atomic mass is 10.0. The van der Waals surface area contributed by atoms with Crippen molar-refractivity contribution in [3.8, 4) is 16.9 Å². The van der Waals surface area contributed by atoms with Crippen LogP contribution >= 0.6 is 0 Å². The first-order valence-corrected chi connectivity index (χ1v) is 11.5. The van der Waals surface area contributed by atoms with E-state index in [4.69, 9.17) is 19.3 Å². The Kier molecular flexibility index (Phi) is 5.27. The van der Waals surface area contributed by atoms with Crippen molar-refractivity contribution in [2.24, 2.45) is 7.05 Å². The predicted octanol–water partition coefficient (Wildman–Crippen LogP) is 5.30. The molecule has 5 aromatic rings. The predicted molar refractivity (Wildman–Crippen MR) is 133 cm³/mol. The molecular formula is C25H29N7O2. The fourth-order valence-corrected chi connectivity index (χ4v) is 4.79. The molecule has 5 rings (SSSR count). The Bertz CT molecular complexity index is 1520. The van der Waals surface area contributed by atoms with E-state index in [0.29, 0.717) is 5.82 Å². The van der Waals surface area contributed by atoms with Gasteiger partial charge in [0.15, 0.2) is 0 Å². The van der Waals surface area contributed by atoms with Gasteiger partial charge >= 0.3 is 0 Å². The lowest BCUT2D eigenvalue weighted by molar-refractivity contribution is 0.393. The molecule has 0 spiro atoms. The van der Waals surface area contributed by atoms with Crippen molar-refractivity contribution in [3.05, 3.63) is 40.8 Å². The van der Waals surface area contributed by atoms with Gasteiger partial charge in [-0.25, -0.2) is 9.97 Å². The van der Waals surface area contributed by atoms with Crippen molar-refractivity contribution in [2.75, 3.05) is 12.4 Å². The van der Waals surface area contributed by atoms with E-state index in [9.17, 15) is 0 Å². The third-order valence-corrected chi connectivity index (χ3v) is 6.34. The molecule has 0 fully saturated rings. The van der Waals surface area contributed by atoms with Crippen LogP contribution in [0.15, 0.2) is 16.7 Å².